The van der Waals surface area contributed by atoms with Crippen LogP contribution in [-0.4, -0.2) is 6.61 Å². The zero-order valence-corrected chi connectivity index (χ0v) is 13.0. The first kappa shape index (κ1) is 13.9. The molecule has 2 nitrogen and oxygen atoms in total. The van der Waals surface area contributed by atoms with Crippen LogP contribution < -0.4 is 10.5 Å². The molecule has 1 aliphatic rings. The Morgan fingerprint density at radius 2 is 2.10 bits per heavy atom. The van der Waals surface area contributed by atoms with E-state index in [1.807, 2.05) is 30.3 Å². The van der Waals surface area contributed by atoms with Crippen molar-refractivity contribution in [3.63, 3.8) is 0 Å². The molecule has 2 N–H and O–H groups in total. The van der Waals surface area contributed by atoms with E-state index in [9.17, 15) is 0 Å². The molecular weight excluding hydrogens is 313 g/mol. The van der Waals surface area contributed by atoms with Crippen molar-refractivity contribution in [3.8, 4) is 5.75 Å². The van der Waals surface area contributed by atoms with Gasteiger partial charge in [0.25, 0.3) is 0 Å². The first-order chi connectivity index (χ1) is 9.65. The first-order valence-electron chi connectivity index (χ1n) is 6.26. The fourth-order valence-corrected chi connectivity index (χ4v) is 3.84. The molecule has 0 aromatic heterocycles. The minimum Gasteiger partial charge on any atom is -0.493 e. The van der Waals surface area contributed by atoms with Crippen LogP contribution in [0.3, 0.4) is 0 Å². The normalized spacial score (nSPS) is 13.1. The molecule has 0 fully saturated rings. The van der Waals surface area contributed by atoms with Gasteiger partial charge in [0.2, 0.25) is 0 Å². The lowest BCUT2D eigenvalue weighted by Crippen LogP contribution is -1.93. The number of thioether (sulfide) groups is 1. The summed E-state index contributed by atoms with van der Waals surface area (Å²) in [4.78, 5) is 0.904. The summed E-state index contributed by atoms with van der Waals surface area (Å²) in [6, 6.07) is 9.47. The van der Waals surface area contributed by atoms with E-state index in [4.69, 9.17) is 33.7 Å². The molecule has 0 saturated carbocycles. The number of nitrogen functional groups attached to an aromatic ring is 1. The van der Waals surface area contributed by atoms with E-state index in [-0.39, 0.29) is 0 Å². The van der Waals surface area contributed by atoms with E-state index in [1.54, 1.807) is 11.8 Å². The number of ether oxygens (including phenoxy) is 1. The van der Waals surface area contributed by atoms with Gasteiger partial charge in [0.05, 0.1) is 11.6 Å². The summed E-state index contributed by atoms with van der Waals surface area (Å²) in [5.41, 5.74) is 8.93. The van der Waals surface area contributed by atoms with Gasteiger partial charge < -0.3 is 10.5 Å². The minimum atomic E-state index is 0.676. The van der Waals surface area contributed by atoms with E-state index in [0.29, 0.717) is 10.7 Å². The maximum atomic E-state index is 6.19. The van der Waals surface area contributed by atoms with Crippen LogP contribution in [0.5, 0.6) is 5.75 Å². The molecule has 2 aromatic carbocycles. The number of hydrogen-bond acceptors (Lipinski definition) is 3. The summed E-state index contributed by atoms with van der Waals surface area (Å²) in [6.45, 7) is 0.724. The average Bonchev–Trinajstić information content (AvgIpc) is 2.86. The summed E-state index contributed by atoms with van der Waals surface area (Å²) in [5.74, 6) is 1.70. The molecule has 0 spiro atoms. The van der Waals surface area contributed by atoms with Crippen LogP contribution in [0.25, 0.3) is 0 Å². The molecular formula is C15H13Cl2NOS. The second-order valence-corrected chi connectivity index (χ2v) is 6.43. The lowest BCUT2D eigenvalue weighted by Gasteiger charge is -2.11. The number of rotatable bonds is 3. The zero-order chi connectivity index (χ0) is 14.1. The van der Waals surface area contributed by atoms with Gasteiger partial charge in [-0.2, -0.15) is 0 Å². The minimum absolute atomic E-state index is 0.676. The van der Waals surface area contributed by atoms with Crippen LogP contribution in [0.1, 0.15) is 11.1 Å². The third kappa shape index (κ3) is 2.71. The van der Waals surface area contributed by atoms with E-state index in [2.05, 4.69) is 0 Å². The fraction of sp³-hybridized carbons (Fsp3) is 0.200. The van der Waals surface area contributed by atoms with Crippen molar-refractivity contribution in [1.82, 2.24) is 0 Å². The third-order valence-electron chi connectivity index (χ3n) is 3.19. The predicted octanol–water partition coefficient (Wildman–Crippen LogP) is 4.80. The van der Waals surface area contributed by atoms with Gasteiger partial charge in [0.15, 0.2) is 0 Å². The first-order valence-corrected chi connectivity index (χ1v) is 8.00. The Bertz CT molecular complexity index is 640. The maximum Gasteiger partial charge on any atom is 0.126 e. The van der Waals surface area contributed by atoms with Crippen molar-refractivity contribution in [3.05, 3.63) is 51.5 Å². The van der Waals surface area contributed by atoms with Crippen molar-refractivity contribution >= 4 is 40.7 Å². The Morgan fingerprint density at radius 3 is 2.90 bits per heavy atom. The highest BCUT2D eigenvalue weighted by atomic mass is 35.5. The molecule has 0 atom stereocenters. The van der Waals surface area contributed by atoms with Gasteiger partial charge in [-0.05, 0) is 29.8 Å². The Balaban J connectivity index is 1.86. The monoisotopic (exact) mass is 325 g/mol. The van der Waals surface area contributed by atoms with E-state index in [0.717, 1.165) is 40.0 Å². The molecule has 0 aliphatic carbocycles. The standard InChI is InChI=1S/C15H13Cl2NOS/c16-11-6-9-4-5-19-14(9)10(7-11)8-20-15-12(17)2-1-3-13(15)18/h1-3,6-7H,4-5,8,18H2. The van der Waals surface area contributed by atoms with Gasteiger partial charge in [-0.3, -0.25) is 0 Å². The second kappa shape index (κ2) is 5.76. The lowest BCUT2D eigenvalue weighted by atomic mass is 10.1. The Labute approximate surface area is 132 Å². The number of fused-ring (bicyclic) bond motifs is 1. The quantitative estimate of drug-likeness (QED) is 0.650. The summed E-state index contributed by atoms with van der Waals surface area (Å²) < 4.78 is 5.70. The van der Waals surface area contributed by atoms with Gasteiger partial charge in [0, 0.05) is 33.3 Å². The average molecular weight is 326 g/mol. The third-order valence-corrected chi connectivity index (χ3v) is 5.04. The van der Waals surface area contributed by atoms with Crippen molar-refractivity contribution in [1.29, 1.82) is 0 Å². The van der Waals surface area contributed by atoms with Crippen LogP contribution in [-0.2, 0) is 12.2 Å². The van der Waals surface area contributed by atoms with Gasteiger partial charge in [-0.25, -0.2) is 0 Å². The topological polar surface area (TPSA) is 35.2 Å². The molecule has 3 rings (SSSR count). The molecule has 20 heavy (non-hydrogen) atoms. The summed E-state index contributed by atoms with van der Waals surface area (Å²) >= 11 is 13.9. The van der Waals surface area contributed by atoms with Crippen molar-refractivity contribution in [2.24, 2.45) is 0 Å². The molecule has 104 valence electrons. The van der Waals surface area contributed by atoms with Crippen molar-refractivity contribution in [2.45, 2.75) is 17.1 Å². The van der Waals surface area contributed by atoms with Gasteiger partial charge in [0.1, 0.15) is 5.75 Å². The molecule has 0 amide bonds. The maximum absolute atomic E-state index is 6.19. The fourth-order valence-electron chi connectivity index (χ4n) is 2.28. The van der Waals surface area contributed by atoms with Crippen LogP contribution in [0.2, 0.25) is 10.0 Å². The number of nitrogens with two attached hydrogens (primary N) is 1. The van der Waals surface area contributed by atoms with Crippen LogP contribution in [0.4, 0.5) is 5.69 Å². The second-order valence-electron chi connectivity index (χ2n) is 4.60. The largest absolute Gasteiger partial charge is 0.493 e. The molecule has 0 unspecified atom stereocenters. The zero-order valence-electron chi connectivity index (χ0n) is 10.7. The summed E-state index contributed by atoms with van der Waals surface area (Å²) in [5, 5.41) is 1.42. The van der Waals surface area contributed by atoms with Gasteiger partial charge >= 0.3 is 0 Å². The van der Waals surface area contributed by atoms with Crippen LogP contribution in [0, 0.1) is 0 Å². The molecule has 0 saturated heterocycles. The number of halogens is 2. The lowest BCUT2D eigenvalue weighted by molar-refractivity contribution is 0.354. The summed E-state index contributed by atoms with van der Waals surface area (Å²) in [6.07, 6.45) is 0.918. The predicted molar refractivity (Wildman–Crippen MR) is 86.1 cm³/mol. The molecule has 0 bridgehead atoms. The van der Waals surface area contributed by atoms with Crippen LogP contribution in [0.15, 0.2) is 35.2 Å². The smallest absolute Gasteiger partial charge is 0.126 e. The van der Waals surface area contributed by atoms with Crippen LogP contribution >= 0.6 is 35.0 Å². The van der Waals surface area contributed by atoms with E-state index >= 15 is 0 Å². The van der Waals surface area contributed by atoms with Crippen molar-refractivity contribution in [2.75, 3.05) is 12.3 Å². The molecule has 1 aliphatic heterocycles. The van der Waals surface area contributed by atoms with Gasteiger partial charge in [-0.15, -0.1) is 11.8 Å². The SMILES string of the molecule is Nc1cccc(Cl)c1SCc1cc(Cl)cc2c1OCC2. The van der Waals surface area contributed by atoms with Gasteiger partial charge in [-0.1, -0.05) is 29.3 Å². The van der Waals surface area contributed by atoms with Crippen molar-refractivity contribution < 1.29 is 4.74 Å². The Hall–Kier alpha value is -1.03. The number of anilines is 1. The summed E-state index contributed by atoms with van der Waals surface area (Å²) in [7, 11) is 0. The molecule has 0 radical (unpaired) electrons. The highest BCUT2D eigenvalue weighted by Crippen LogP contribution is 2.39. The van der Waals surface area contributed by atoms with E-state index < -0.39 is 0 Å². The Kier molecular flexibility index (Phi) is 4.01. The van der Waals surface area contributed by atoms with E-state index in [1.165, 1.54) is 5.56 Å². The molecule has 1 heterocycles. The Morgan fingerprint density at radius 1 is 1.25 bits per heavy atom. The number of benzene rings is 2. The highest BCUT2D eigenvalue weighted by Gasteiger charge is 2.18. The number of hydrogen-bond donors (Lipinski definition) is 1. The molecule has 2 aromatic rings. The molecule has 5 heteroatoms. The highest BCUT2D eigenvalue weighted by molar-refractivity contribution is 7.98.